The van der Waals surface area contributed by atoms with Gasteiger partial charge < -0.3 is 0 Å². The standard InChI is InChI=1S/C53H36/c1-53(2)48-29-27-37(32-47(48)52-40-20-8-5-15-35(40)26-30-49(52)53)36-25-28-45-46(31-36)51(42-24-12-17-34-14-4-7-19-39(34)42)44-22-10-9-21-43(44)50(45)41-23-11-16-33-13-3-6-18-38(33)41/h3-32H,1-2H3. The van der Waals surface area contributed by atoms with Crippen molar-refractivity contribution in [3.63, 3.8) is 0 Å². The largest absolute Gasteiger partial charge is 0.0616 e. The number of hydrogen-bond donors (Lipinski definition) is 0. The van der Waals surface area contributed by atoms with Crippen LogP contribution in [0.5, 0.6) is 0 Å². The SMILES string of the molecule is CC1(C)c2ccc(-c3ccc4c(-c5cccc6ccccc56)c5ccccc5c(-c5cccc6ccccc56)c4c3)cc2-c2c1ccc1ccccc21. The molecule has 0 amide bonds. The lowest BCUT2D eigenvalue weighted by molar-refractivity contribution is 0.661. The quantitative estimate of drug-likeness (QED) is 0.164. The Morgan fingerprint density at radius 1 is 0.283 bits per heavy atom. The molecule has 0 bridgehead atoms. The van der Waals surface area contributed by atoms with E-state index in [1.54, 1.807) is 0 Å². The first-order valence-electron chi connectivity index (χ1n) is 18.7. The van der Waals surface area contributed by atoms with Crippen LogP contribution >= 0.6 is 0 Å². The minimum absolute atomic E-state index is 0.0651. The van der Waals surface area contributed by atoms with Gasteiger partial charge in [0.25, 0.3) is 0 Å². The molecule has 248 valence electrons. The molecule has 0 N–H and O–H groups in total. The summed E-state index contributed by atoms with van der Waals surface area (Å²) in [5.74, 6) is 0. The average Bonchev–Trinajstić information content (AvgIpc) is 3.45. The maximum absolute atomic E-state index is 2.47. The van der Waals surface area contributed by atoms with E-state index in [0.717, 1.165) is 0 Å². The molecular weight excluding hydrogens is 637 g/mol. The molecule has 0 heteroatoms. The topological polar surface area (TPSA) is 0 Å². The summed E-state index contributed by atoms with van der Waals surface area (Å²) in [6.07, 6.45) is 0. The predicted octanol–water partition coefficient (Wildman–Crippen LogP) is 14.8. The summed E-state index contributed by atoms with van der Waals surface area (Å²) in [6.45, 7) is 4.75. The highest BCUT2D eigenvalue weighted by molar-refractivity contribution is 6.25. The summed E-state index contributed by atoms with van der Waals surface area (Å²) < 4.78 is 0. The van der Waals surface area contributed by atoms with E-state index in [-0.39, 0.29) is 5.41 Å². The summed E-state index contributed by atoms with van der Waals surface area (Å²) >= 11 is 0. The second-order valence-corrected chi connectivity index (χ2v) is 15.2. The van der Waals surface area contributed by atoms with Gasteiger partial charge in [-0.1, -0.05) is 184 Å². The fraction of sp³-hybridized carbons (Fsp3) is 0.0566. The van der Waals surface area contributed by atoms with Gasteiger partial charge in [0.05, 0.1) is 0 Å². The van der Waals surface area contributed by atoms with Crippen LogP contribution in [0, 0.1) is 0 Å². The number of hydrogen-bond acceptors (Lipinski definition) is 0. The maximum Gasteiger partial charge on any atom is 0.0159 e. The third-order valence-corrected chi connectivity index (χ3v) is 12.0. The fourth-order valence-electron chi connectivity index (χ4n) is 9.53. The summed E-state index contributed by atoms with van der Waals surface area (Å²) in [6, 6.07) is 68.0. The van der Waals surface area contributed by atoms with Gasteiger partial charge in [-0.3, -0.25) is 0 Å². The van der Waals surface area contributed by atoms with Crippen LogP contribution in [0.4, 0.5) is 0 Å². The lowest BCUT2D eigenvalue weighted by Crippen LogP contribution is -2.14. The lowest BCUT2D eigenvalue weighted by atomic mass is 9.81. The van der Waals surface area contributed by atoms with Gasteiger partial charge in [0.1, 0.15) is 0 Å². The second-order valence-electron chi connectivity index (χ2n) is 15.2. The van der Waals surface area contributed by atoms with Gasteiger partial charge in [-0.15, -0.1) is 0 Å². The molecule has 1 aliphatic carbocycles. The monoisotopic (exact) mass is 672 g/mol. The van der Waals surface area contributed by atoms with E-state index >= 15 is 0 Å². The molecule has 0 unspecified atom stereocenters. The molecule has 0 saturated carbocycles. The van der Waals surface area contributed by atoms with E-state index in [2.05, 4.69) is 196 Å². The zero-order valence-corrected chi connectivity index (χ0v) is 29.8. The summed E-state index contributed by atoms with van der Waals surface area (Å²) in [5, 5.41) is 12.8. The number of fused-ring (bicyclic) bond motifs is 9. The van der Waals surface area contributed by atoms with Crippen LogP contribution in [0.3, 0.4) is 0 Å². The first-order chi connectivity index (χ1) is 26.1. The van der Waals surface area contributed by atoms with Gasteiger partial charge in [0.2, 0.25) is 0 Å². The van der Waals surface area contributed by atoms with Crippen molar-refractivity contribution in [3.8, 4) is 44.5 Å². The molecule has 11 rings (SSSR count). The predicted molar refractivity (Wildman–Crippen MR) is 228 cm³/mol. The summed E-state index contributed by atoms with van der Waals surface area (Å²) in [7, 11) is 0. The molecule has 0 atom stereocenters. The first-order valence-corrected chi connectivity index (χ1v) is 18.7. The zero-order valence-electron chi connectivity index (χ0n) is 29.8. The molecule has 0 aliphatic heterocycles. The Labute approximate surface area is 309 Å². The van der Waals surface area contributed by atoms with Crippen LogP contribution in [0.1, 0.15) is 25.0 Å². The first kappa shape index (κ1) is 30.2. The van der Waals surface area contributed by atoms with Crippen LogP contribution in [-0.2, 0) is 5.41 Å². The fourth-order valence-corrected chi connectivity index (χ4v) is 9.53. The highest BCUT2D eigenvalue weighted by Crippen LogP contribution is 2.53. The Balaban J connectivity index is 1.24. The molecule has 53 heavy (non-hydrogen) atoms. The Bertz CT molecular complexity index is 3130. The molecule has 0 radical (unpaired) electrons. The Morgan fingerprint density at radius 2 is 0.736 bits per heavy atom. The van der Waals surface area contributed by atoms with Crippen molar-refractivity contribution >= 4 is 53.9 Å². The molecule has 0 saturated heterocycles. The van der Waals surface area contributed by atoms with Gasteiger partial charge in [-0.2, -0.15) is 0 Å². The molecule has 0 aromatic heterocycles. The normalized spacial score (nSPS) is 13.2. The Hall–Kier alpha value is -6.50. The van der Waals surface area contributed by atoms with Gasteiger partial charge >= 0.3 is 0 Å². The zero-order chi connectivity index (χ0) is 35.3. The minimum atomic E-state index is -0.0651. The van der Waals surface area contributed by atoms with Gasteiger partial charge in [0.15, 0.2) is 0 Å². The summed E-state index contributed by atoms with van der Waals surface area (Å²) in [5.41, 5.74) is 13.1. The van der Waals surface area contributed by atoms with E-state index in [9.17, 15) is 0 Å². The maximum atomic E-state index is 2.47. The molecule has 0 fully saturated rings. The van der Waals surface area contributed by atoms with Gasteiger partial charge in [-0.05, 0) is 122 Å². The average molecular weight is 673 g/mol. The molecular formula is C53H36. The van der Waals surface area contributed by atoms with Crippen LogP contribution in [0.15, 0.2) is 182 Å². The highest BCUT2D eigenvalue weighted by Gasteiger charge is 2.36. The van der Waals surface area contributed by atoms with Crippen LogP contribution in [-0.4, -0.2) is 0 Å². The van der Waals surface area contributed by atoms with Crippen LogP contribution < -0.4 is 0 Å². The Kier molecular flexibility index (Phi) is 6.40. The van der Waals surface area contributed by atoms with Gasteiger partial charge in [0, 0.05) is 5.41 Å². The minimum Gasteiger partial charge on any atom is -0.0616 e. The third kappa shape index (κ3) is 4.36. The Morgan fingerprint density at radius 3 is 1.38 bits per heavy atom. The summed E-state index contributed by atoms with van der Waals surface area (Å²) in [4.78, 5) is 0. The van der Waals surface area contributed by atoms with E-state index in [1.165, 1.54) is 109 Å². The number of rotatable bonds is 3. The van der Waals surface area contributed by atoms with E-state index < -0.39 is 0 Å². The van der Waals surface area contributed by atoms with Crippen molar-refractivity contribution in [2.75, 3.05) is 0 Å². The van der Waals surface area contributed by atoms with Crippen molar-refractivity contribution in [2.45, 2.75) is 19.3 Å². The molecule has 1 aliphatic rings. The third-order valence-electron chi connectivity index (χ3n) is 12.0. The molecule has 10 aromatic carbocycles. The van der Waals surface area contributed by atoms with Crippen LogP contribution in [0.25, 0.3) is 98.4 Å². The van der Waals surface area contributed by atoms with E-state index in [4.69, 9.17) is 0 Å². The van der Waals surface area contributed by atoms with E-state index in [1.807, 2.05) is 0 Å². The lowest BCUT2D eigenvalue weighted by Gasteiger charge is -2.22. The molecule has 0 nitrogen and oxygen atoms in total. The van der Waals surface area contributed by atoms with Crippen molar-refractivity contribution < 1.29 is 0 Å². The van der Waals surface area contributed by atoms with E-state index in [0.29, 0.717) is 0 Å². The molecule has 0 heterocycles. The van der Waals surface area contributed by atoms with Gasteiger partial charge in [-0.25, -0.2) is 0 Å². The molecule has 0 spiro atoms. The van der Waals surface area contributed by atoms with Crippen molar-refractivity contribution in [2.24, 2.45) is 0 Å². The second kappa shape index (κ2) is 11.2. The number of benzene rings is 10. The van der Waals surface area contributed by atoms with Crippen molar-refractivity contribution in [1.82, 2.24) is 0 Å². The smallest absolute Gasteiger partial charge is 0.0159 e. The van der Waals surface area contributed by atoms with Crippen molar-refractivity contribution in [3.05, 3.63) is 193 Å². The van der Waals surface area contributed by atoms with Crippen LogP contribution in [0.2, 0.25) is 0 Å². The molecule has 10 aromatic rings. The van der Waals surface area contributed by atoms with Crippen molar-refractivity contribution in [1.29, 1.82) is 0 Å². The highest BCUT2D eigenvalue weighted by atomic mass is 14.4.